The van der Waals surface area contributed by atoms with Crippen LogP contribution >= 0.6 is 0 Å². The molecule has 3 heterocycles. The molecule has 4 aliphatic rings. The summed E-state index contributed by atoms with van der Waals surface area (Å²) in [7, 11) is 0. The maximum absolute atomic E-state index is 3.52. The van der Waals surface area contributed by atoms with Crippen molar-refractivity contribution >= 4 is 0 Å². The summed E-state index contributed by atoms with van der Waals surface area (Å²) >= 11 is 0. The van der Waals surface area contributed by atoms with Gasteiger partial charge in [0.1, 0.15) is 0 Å². The van der Waals surface area contributed by atoms with E-state index in [4.69, 9.17) is 0 Å². The average Bonchev–Trinajstić information content (AvgIpc) is 3.25. The topological polar surface area (TPSA) is 18.5 Å². The van der Waals surface area contributed by atoms with Gasteiger partial charge in [0, 0.05) is 31.2 Å². The molecule has 1 saturated carbocycles. The van der Waals surface area contributed by atoms with Crippen LogP contribution in [0.1, 0.15) is 51.4 Å². The third-order valence-corrected chi connectivity index (χ3v) is 6.19. The lowest BCUT2D eigenvalue weighted by Gasteiger charge is -2.40. The highest BCUT2D eigenvalue weighted by Gasteiger charge is 2.43. The van der Waals surface area contributed by atoms with E-state index in [1.807, 2.05) is 0 Å². The molecule has 0 amide bonds. The van der Waals surface area contributed by atoms with Gasteiger partial charge in [-0.05, 0) is 70.5 Å². The first-order valence-electron chi connectivity index (χ1n) is 9.12. The van der Waals surface area contributed by atoms with Crippen LogP contribution in [0.4, 0.5) is 0 Å². The van der Waals surface area contributed by atoms with Gasteiger partial charge in [-0.2, -0.15) is 0 Å². The number of fused-ring (bicyclic) bond motifs is 1. The molecule has 0 spiro atoms. The summed E-state index contributed by atoms with van der Waals surface area (Å²) in [5.74, 6) is 0.967. The summed E-state index contributed by atoms with van der Waals surface area (Å²) < 4.78 is 0. The van der Waals surface area contributed by atoms with Gasteiger partial charge in [0.2, 0.25) is 0 Å². The third kappa shape index (κ3) is 2.77. The molecular weight excluding hydrogens is 246 g/mol. The molecule has 1 aliphatic carbocycles. The fraction of sp³-hybridized carbons (Fsp3) is 1.00. The van der Waals surface area contributed by atoms with Crippen molar-refractivity contribution in [2.24, 2.45) is 5.92 Å². The molecule has 3 heteroatoms. The summed E-state index contributed by atoms with van der Waals surface area (Å²) in [4.78, 5) is 5.79. The molecule has 3 saturated heterocycles. The Morgan fingerprint density at radius 2 is 1.75 bits per heavy atom. The Bertz CT molecular complexity index is 322. The zero-order valence-electron chi connectivity index (χ0n) is 12.9. The van der Waals surface area contributed by atoms with E-state index in [9.17, 15) is 0 Å². The second kappa shape index (κ2) is 5.94. The zero-order valence-corrected chi connectivity index (χ0v) is 12.9. The summed E-state index contributed by atoms with van der Waals surface area (Å²) in [6.45, 7) is 6.67. The quantitative estimate of drug-likeness (QED) is 0.849. The van der Waals surface area contributed by atoms with Crippen molar-refractivity contribution < 1.29 is 0 Å². The molecule has 1 N–H and O–H groups in total. The Labute approximate surface area is 124 Å². The van der Waals surface area contributed by atoms with Gasteiger partial charge in [-0.3, -0.25) is 9.80 Å². The average molecular weight is 277 g/mol. The van der Waals surface area contributed by atoms with Crippen LogP contribution in [0.25, 0.3) is 0 Å². The highest BCUT2D eigenvalue weighted by molar-refractivity contribution is 5.00. The SMILES string of the molecule is C1CCN2CCC(N(CC3CCNCC3)C3CC3)C2C1. The van der Waals surface area contributed by atoms with Crippen LogP contribution in [0.3, 0.4) is 0 Å². The van der Waals surface area contributed by atoms with E-state index in [0.29, 0.717) is 0 Å². The van der Waals surface area contributed by atoms with Gasteiger partial charge < -0.3 is 5.32 Å². The third-order valence-electron chi connectivity index (χ3n) is 6.19. The molecule has 3 nitrogen and oxygen atoms in total. The zero-order chi connectivity index (χ0) is 13.4. The predicted molar refractivity (Wildman–Crippen MR) is 82.9 cm³/mol. The van der Waals surface area contributed by atoms with Gasteiger partial charge in [0.25, 0.3) is 0 Å². The molecular formula is C17H31N3. The first-order valence-corrected chi connectivity index (χ1v) is 9.12. The Morgan fingerprint density at radius 1 is 0.900 bits per heavy atom. The maximum atomic E-state index is 3.52. The van der Waals surface area contributed by atoms with Crippen molar-refractivity contribution in [2.75, 3.05) is 32.7 Å². The summed E-state index contributed by atoms with van der Waals surface area (Å²) in [5.41, 5.74) is 0. The maximum Gasteiger partial charge on any atom is 0.0266 e. The standard InChI is InChI=1S/C17H31N3/c1-2-11-19-12-8-17(16(19)3-1)20(15-4-5-15)13-14-6-9-18-10-7-14/h14-18H,1-13H2. The van der Waals surface area contributed by atoms with Gasteiger partial charge >= 0.3 is 0 Å². The van der Waals surface area contributed by atoms with Crippen LogP contribution in [0.15, 0.2) is 0 Å². The lowest BCUT2D eigenvalue weighted by molar-refractivity contribution is 0.0895. The normalized spacial score (nSPS) is 36.5. The Kier molecular flexibility index (Phi) is 4.02. The van der Waals surface area contributed by atoms with Crippen molar-refractivity contribution in [3.63, 3.8) is 0 Å². The first kappa shape index (κ1) is 13.5. The van der Waals surface area contributed by atoms with Crippen LogP contribution in [0, 0.1) is 5.92 Å². The van der Waals surface area contributed by atoms with Crippen LogP contribution < -0.4 is 5.32 Å². The number of piperidine rings is 2. The van der Waals surface area contributed by atoms with E-state index < -0.39 is 0 Å². The molecule has 2 atom stereocenters. The van der Waals surface area contributed by atoms with Crippen LogP contribution in [0.2, 0.25) is 0 Å². The number of hydrogen-bond donors (Lipinski definition) is 1. The minimum absolute atomic E-state index is 0.901. The Morgan fingerprint density at radius 3 is 2.55 bits per heavy atom. The number of nitrogens with zero attached hydrogens (tertiary/aromatic N) is 2. The van der Waals surface area contributed by atoms with Crippen LogP contribution in [-0.4, -0.2) is 60.6 Å². The first-order chi connectivity index (χ1) is 9.92. The molecule has 0 aromatic carbocycles. The molecule has 4 rings (SSSR count). The van der Waals surface area contributed by atoms with Crippen molar-refractivity contribution in [1.82, 2.24) is 15.1 Å². The highest BCUT2D eigenvalue weighted by atomic mass is 15.3. The van der Waals surface area contributed by atoms with E-state index in [0.717, 1.165) is 24.0 Å². The highest BCUT2D eigenvalue weighted by Crippen LogP contribution is 2.38. The molecule has 20 heavy (non-hydrogen) atoms. The van der Waals surface area contributed by atoms with Gasteiger partial charge in [0.15, 0.2) is 0 Å². The predicted octanol–water partition coefficient (Wildman–Crippen LogP) is 2.08. The monoisotopic (exact) mass is 277 g/mol. The fourth-order valence-electron chi connectivity index (χ4n) is 4.93. The van der Waals surface area contributed by atoms with Gasteiger partial charge in [-0.1, -0.05) is 6.42 Å². The Balaban J connectivity index is 1.42. The summed E-state index contributed by atoms with van der Waals surface area (Å²) in [6.07, 6.45) is 11.6. The summed E-state index contributed by atoms with van der Waals surface area (Å²) in [5, 5.41) is 3.52. The molecule has 0 bridgehead atoms. The van der Waals surface area contributed by atoms with Crippen molar-refractivity contribution in [2.45, 2.75) is 69.5 Å². The van der Waals surface area contributed by atoms with Crippen molar-refractivity contribution in [3.8, 4) is 0 Å². The molecule has 2 unspecified atom stereocenters. The van der Waals surface area contributed by atoms with Gasteiger partial charge in [0.05, 0.1) is 0 Å². The van der Waals surface area contributed by atoms with Crippen molar-refractivity contribution in [3.05, 3.63) is 0 Å². The minimum atomic E-state index is 0.901. The lowest BCUT2D eigenvalue weighted by atomic mass is 9.93. The van der Waals surface area contributed by atoms with Crippen LogP contribution in [-0.2, 0) is 0 Å². The summed E-state index contributed by atoms with van der Waals surface area (Å²) in [6, 6.07) is 2.76. The van der Waals surface area contributed by atoms with E-state index in [-0.39, 0.29) is 0 Å². The Hall–Kier alpha value is -0.120. The molecule has 0 aromatic rings. The molecule has 0 radical (unpaired) electrons. The minimum Gasteiger partial charge on any atom is -0.317 e. The second-order valence-corrected chi connectivity index (χ2v) is 7.58. The van der Waals surface area contributed by atoms with Gasteiger partial charge in [-0.25, -0.2) is 0 Å². The molecule has 3 aliphatic heterocycles. The molecule has 4 fully saturated rings. The van der Waals surface area contributed by atoms with Crippen LogP contribution in [0.5, 0.6) is 0 Å². The van der Waals surface area contributed by atoms with Crippen molar-refractivity contribution in [1.29, 1.82) is 0 Å². The van der Waals surface area contributed by atoms with E-state index in [1.54, 1.807) is 0 Å². The number of nitrogens with one attached hydrogen (secondary N) is 1. The molecule has 114 valence electrons. The second-order valence-electron chi connectivity index (χ2n) is 7.58. The van der Waals surface area contributed by atoms with E-state index >= 15 is 0 Å². The van der Waals surface area contributed by atoms with E-state index in [1.165, 1.54) is 84.1 Å². The number of hydrogen-bond acceptors (Lipinski definition) is 3. The fourth-order valence-corrected chi connectivity index (χ4v) is 4.93. The smallest absolute Gasteiger partial charge is 0.0266 e. The molecule has 0 aromatic heterocycles. The van der Waals surface area contributed by atoms with E-state index in [2.05, 4.69) is 15.1 Å². The van der Waals surface area contributed by atoms with Gasteiger partial charge in [-0.15, -0.1) is 0 Å². The largest absolute Gasteiger partial charge is 0.317 e. The lowest BCUT2D eigenvalue weighted by Crippen LogP contribution is -2.50. The number of rotatable bonds is 4.